The molecule has 0 heterocycles. The number of rotatable bonds is 5. The van der Waals surface area contributed by atoms with Crippen molar-refractivity contribution >= 4 is 23.0 Å². The predicted octanol–water partition coefficient (Wildman–Crippen LogP) is 3.71. The van der Waals surface area contributed by atoms with Gasteiger partial charge in [-0.15, -0.1) is 0 Å². The molecule has 4 heteroatoms. The molecule has 0 atom stereocenters. The Morgan fingerprint density at radius 3 is 2.45 bits per heavy atom. The first kappa shape index (κ1) is 16.3. The molecule has 0 aliphatic carbocycles. The van der Waals surface area contributed by atoms with Gasteiger partial charge < -0.3 is 16.4 Å². The Kier molecular flexibility index (Phi) is 5.43. The van der Waals surface area contributed by atoms with Crippen LogP contribution in [-0.2, 0) is 4.79 Å². The summed E-state index contributed by atoms with van der Waals surface area (Å²) in [5.74, 6) is 0.645. The van der Waals surface area contributed by atoms with Crippen LogP contribution in [0.25, 0.3) is 0 Å². The number of carbonyl (C=O) groups excluding carboxylic acids is 1. The molecule has 4 nitrogen and oxygen atoms in total. The fourth-order valence-corrected chi connectivity index (χ4v) is 1.62. The Morgan fingerprint density at radius 2 is 1.95 bits per heavy atom. The van der Waals surface area contributed by atoms with Crippen LogP contribution < -0.4 is 16.4 Å². The molecule has 112 valence electrons. The second-order valence-electron chi connectivity index (χ2n) is 6.62. The van der Waals surface area contributed by atoms with Gasteiger partial charge >= 0.3 is 0 Å². The molecule has 0 fully saturated rings. The van der Waals surface area contributed by atoms with E-state index in [1.54, 1.807) is 6.07 Å². The molecule has 0 saturated carbocycles. The SMILES string of the molecule is CC(C)CCNc1ccc(NC(=O)C(C)(C)C)cc1N. The molecule has 1 amide bonds. The third kappa shape index (κ3) is 5.11. The monoisotopic (exact) mass is 277 g/mol. The van der Waals surface area contributed by atoms with Crippen molar-refractivity contribution in [1.29, 1.82) is 0 Å². The molecule has 0 radical (unpaired) electrons. The second kappa shape index (κ2) is 6.64. The standard InChI is InChI=1S/C16H27N3O/c1-11(2)8-9-18-14-7-6-12(10-13(14)17)19-15(20)16(3,4)5/h6-7,10-11,18H,8-9,17H2,1-5H3,(H,19,20). The quantitative estimate of drug-likeness (QED) is 0.719. The molecular weight excluding hydrogens is 250 g/mol. The lowest BCUT2D eigenvalue weighted by Crippen LogP contribution is -2.27. The molecule has 0 spiro atoms. The Hall–Kier alpha value is -1.71. The molecular formula is C16H27N3O. The van der Waals surface area contributed by atoms with Crippen LogP contribution in [0, 0.1) is 11.3 Å². The minimum absolute atomic E-state index is 0.0163. The van der Waals surface area contributed by atoms with E-state index >= 15 is 0 Å². The first-order valence-electron chi connectivity index (χ1n) is 7.15. The minimum atomic E-state index is -0.414. The molecule has 0 aliphatic heterocycles. The van der Waals surface area contributed by atoms with Crippen LogP contribution in [0.1, 0.15) is 41.0 Å². The van der Waals surface area contributed by atoms with E-state index in [0.717, 1.165) is 24.3 Å². The van der Waals surface area contributed by atoms with E-state index in [2.05, 4.69) is 24.5 Å². The normalized spacial score (nSPS) is 11.5. The summed E-state index contributed by atoms with van der Waals surface area (Å²) in [6.45, 7) is 10.9. The summed E-state index contributed by atoms with van der Waals surface area (Å²) in [6.07, 6.45) is 1.10. The first-order valence-corrected chi connectivity index (χ1v) is 7.15. The van der Waals surface area contributed by atoms with Crippen molar-refractivity contribution in [3.63, 3.8) is 0 Å². The summed E-state index contributed by atoms with van der Waals surface area (Å²) in [7, 11) is 0. The first-order chi connectivity index (χ1) is 9.20. The summed E-state index contributed by atoms with van der Waals surface area (Å²) in [5.41, 5.74) is 7.90. The van der Waals surface area contributed by atoms with Crippen LogP contribution >= 0.6 is 0 Å². The van der Waals surface area contributed by atoms with E-state index in [0.29, 0.717) is 11.6 Å². The molecule has 0 saturated heterocycles. The van der Waals surface area contributed by atoms with Crippen molar-refractivity contribution in [2.75, 3.05) is 22.9 Å². The molecule has 0 aromatic heterocycles. The second-order valence-corrected chi connectivity index (χ2v) is 6.62. The zero-order chi connectivity index (χ0) is 15.3. The highest BCUT2D eigenvalue weighted by Gasteiger charge is 2.21. The van der Waals surface area contributed by atoms with E-state index < -0.39 is 5.41 Å². The summed E-state index contributed by atoms with van der Waals surface area (Å²) in [4.78, 5) is 11.9. The van der Waals surface area contributed by atoms with Gasteiger partial charge in [-0.3, -0.25) is 4.79 Å². The number of amides is 1. The zero-order valence-electron chi connectivity index (χ0n) is 13.2. The van der Waals surface area contributed by atoms with Gasteiger partial charge in [-0.2, -0.15) is 0 Å². The summed E-state index contributed by atoms with van der Waals surface area (Å²) in [5, 5.41) is 6.19. The lowest BCUT2D eigenvalue weighted by molar-refractivity contribution is -0.123. The maximum Gasteiger partial charge on any atom is 0.229 e. The molecule has 1 aromatic rings. The van der Waals surface area contributed by atoms with Gasteiger partial charge in [0.25, 0.3) is 0 Å². The van der Waals surface area contributed by atoms with E-state index in [4.69, 9.17) is 5.73 Å². The van der Waals surface area contributed by atoms with E-state index in [1.807, 2.05) is 32.9 Å². The molecule has 4 N–H and O–H groups in total. The van der Waals surface area contributed by atoms with Crippen LogP contribution in [0.15, 0.2) is 18.2 Å². The Morgan fingerprint density at radius 1 is 1.30 bits per heavy atom. The lowest BCUT2D eigenvalue weighted by Gasteiger charge is -2.18. The fourth-order valence-electron chi connectivity index (χ4n) is 1.62. The molecule has 0 unspecified atom stereocenters. The number of carbonyl (C=O) groups is 1. The average molecular weight is 277 g/mol. The van der Waals surface area contributed by atoms with Crippen molar-refractivity contribution in [2.45, 2.75) is 41.0 Å². The van der Waals surface area contributed by atoms with Crippen LogP contribution in [0.4, 0.5) is 17.1 Å². The van der Waals surface area contributed by atoms with Gasteiger partial charge in [0.15, 0.2) is 0 Å². The van der Waals surface area contributed by atoms with E-state index in [1.165, 1.54) is 0 Å². The molecule has 0 bridgehead atoms. The Labute approximate surface area is 122 Å². The van der Waals surface area contributed by atoms with Gasteiger partial charge in [0, 0.05) is 17.6 Å². The van der Waals surface area contributed by atoms with Gasteiger partial charge in [-0.1, -0.05) is 34.6 Å². The highest BCUT2D eigenvalue weighted by atomic mass is 16.2. The van der Waals surface area contributed by atoms with Crippen molar-refractivity contribution in [2.24, 2.45) is 11.3 Å². The molecule has 1 rings (SSSR count). The van der Waals surface area contributed by atoms with Gasteiger partial charge in [0.2, 0.25) is 5.91 Å². The Bertz CT molecular complexity index is 461. The number of benzene rings is 1. The van der Waals surface area contributed by atoms with Crippen molar-refractivity contribution in [1.82, 2.24) is 0 Å². The van der Waals surface area contributed by atoms with Crippen LogP contribution in [-0.4, -0.2) is 12.5 Å². The van der Waals surface area contributed by atoms with Crippen molar-refractivity contribution in [3.8, 4) is 0 Å². The van der Waals surface area contributed by atoms with Crippen LogP contribution in [0.3, 0.4) is 0 Å². The van der Waals surface area contributed by atoms with E-state index in [9.17, 15) is 4.79 Å². The number of hydrogen-bond donors (Lipinski definition) is 3. The largest absolute Gasteiger partial charge is 0.397 e. The van der Waals surface area contributed by atoms with Crippen LogP contribution in [0.5, 0.6) is 0 Å². The highest BCUT2D eigenvalue weighted by molar-refractivity contribution is 5.95. The van der Waals surface area contributed by atoms with E-state index in [-0.39, 0.29) is 5.91 Å². The highest BCUT2D eigenvalue weighted by Crippen LogP contribution is 2.24. The van der Waals surface area contributed by atoms with Gasteiger partial charge in [0.05, 0.1) is 11.4 Å². The molecule has 0 aliphatic rings. The number of hydrogen-bond acceptors (Lipinski definition) is 3. The number of nitrogen functional groups attached to an aromatic ring is 1. The zero-order valence-corrected chi connectivity index (χ0v) is 13.2. The lowest BCUT2D eigenvalue weighted by atomic mass is 9.95. The minimum Gasteiger partial charge on any atom is -0.397 e. The fraction of sp³-hybridized carbons (Fsp3) is 0.562. The number of nitrogens with two attached hydrogens (primary N) is 1. The van der Waals surface area contributed by atoms with Crippen molar-refractivity contribution < 1.29 is 4.79 Å². The number of nitrogens with one attached hydrogen (secondary N) is 2. The number of anilines is 3. The maximum atomic E-state index is 11.9. The predicted molar refractivity (Wildman–Crippen MR) is 86.9 cm³/mol. The van der Waals surface area contributed by atoms with Crippen LogP contribution in [0.2, 0.25) is 0 Å². The summed E-state index contributed by atoms with van der Waals surface area (Å²) < 4.78 is 0. The van der Waals surface area contributed by atoms with Gasteiger partial charge in [-0.05, 0) is 30.5 Å². The summed E-state index contributed by atoms with van der Waals surface area (Å²) in [6, 6.07) is 5.58. The van der Waals surface area contributed by atoms with Crippen molar-refractivity contribution in [3.05, 3.63) is 18.2 Å². The maximum absolute atomic E-state index is 11.9. The molecule has 20 heavy (non-hydrogen) atoms. The Balaban J connectivity index is 2.66. The van der Waals surface area contributed by atoms with Gasteiger partial charge in [0.1, 0.15) is 0 Å². The topological polar surface area (TPSA) is 67.1 Å². The third-order valence-electron chi connectivity index (χ3n) is 3.03. The summed E-state index contributed by atoms with van der Waals surface area (Å²) >= 11 is 0. The molecule has 1 aromatic carbocycles. The van der Waals surface area contributed by atoms with Gasteiger partial charge in [-0.25, -0.2) is 0 Å². The average Bonchev–Trinajstić information content (AvgIpc) is 2.30. The smallest absolute Gasteiger partial charge is 0.229 e. The third-order valence-corrected chi connectivity index (χ3v) is 3.03.